The molecule has 2 aliphatic heterocycles. The summed E-state index contributed by atoms with van der Waals surface area (Å²) in [6, 6.07) is 23.7. The molecular weight excluding hydrogens is 413 g/mol. The van der Waals surface area contributed by atoms with Crippen molar-refractivity contribution in [1.29, 1.82) is 10.5 Å². The lowest BCUT2D eigenvalue weighted by Crippen LogP contribution is -2.44. The van der Waals surface area contributed by atoms with E-state index in [0.29, 0.717) is 5.56 Å². The van der Waals surface area contributed by atoms with Gasteiger partial charge < -0.3 is 4.90 Å². The van der Waals surface area contributed by atoms with Gasteiger partial charge in [-0.15, -0.1) is 0 Å². The van der Waals surface area contributed by atoms with E-state index in [9.17, 15) is 15.3 Å². The molecule has 3 aromatic carbocycles. The van der Waals surface area contributed by atoms with E-state index in [1.54, 1.807) is 36.4 Å². The van der Waals surface area contributed by atoms with Crippen molar-refractivity contribution in [2.75, 3.05) is 4.90 Å². The minimum atomic E-state index is -1.66. The minimum absolute atomic E-state index is 0.200. The van der Waals surface area contributed by atoms with Crippen LogP contribution in [0.4, 0.5) is 10.1 Å². The van der Waals surface area contributed by atoms with Crippen molar-refractivity contribution >= 4 is 17.5 Å². The summed E-state index contributed by atoms with van der Waals surface area (Å²) >= 11 is 0. The van der Waals surface area contributed by atoms with Crippen LogP contribution in [0.15, 0.2) is 78.9 Å². The number of para-hydroxylation sites is 1. The lowest BCUT2D eigenvalue weighted by Gasteiger charge is -2.35. The van der Waals surface area contributed by atoms with Gasteiger partial charge in [-0.2, -0.15) is 10.5 Å². The molecule has 2 heterocycles. The van der Waals surface area contributed by atoms with Gasteiger partial charge in [0.05, 0.1) is 18.2 Å². The SMILES string of the molecule is Cc1ccc(C(=O)[C@H]2[C@H](c3ccccc3F)C(C#N)(C#N)[C@H]3C=Cc4ccccc4N23)cc1. The molecule has 160 valence electrons. The molecule has 0 saturated carbocycles. The third kappa shape index (κ3) is 2.97. The second-order valence-corrected chi connectivity index (χ2v) is 8.54. The van der Waals surface area contributed by atoms with Crippen LogP contribution in [0.25, 0.3) is 6.08 Å². The number of hydrogen-bond acceptors (Lipinski definition) is 4. The summed E-state index contributed by atoms with van der Waals surface area (Å²) in [5, 5.41) is 20.7. The van der Waals surface area contributed by atoms with Crippen LogP contribution in [0, 0.1) is 40.8 Å². The maximum atomic E-state index is 15.2. The lowest BCUT2D eigenvalue weighted by molar-refractivity contribution is 0.0950. The molecule has 0 spiro atoms. The van der Waals surface area contributed by atoms with E-state index in [1.807, 2.05) is 54.3 Å². The Hall–Kier alpha value is -4.22. The molecule has 0 unspecified atom stereocenters. The predicted octanol–water partition coefficient (Wildman–Crippen LogP) is 5.42. The molecule has 0 radical (unpaired) electrons. The molecule has 0 bridgehead atoms. The summed E-state index contributed by atoms with van der Waals surface area (Å²) in [7, 11) is 0. The molecule has 3 atom stereocenters. The summed E-state index contributed by atoms with van der Waals surface area (Å²) in [4.78, 5) is 15.9. The van der Waals surface area contributed by atoms with Crippen LogP contribution >= 0.6 is 0 Å². The summed E-state index contributed by atoms with van der Waals surface area (Å²) < 4.78 is 15.2. The number of aryl methyl sites for hydroxylation is 1. The van der Waals surface area contributed by atoms with E-state index < -0.39 is 29.2 Å². The number of halogens is 1. The van der Waals surface area contributed by atoms with Crippen molar-refractivity contribution in [3.05, 3.63) is 107 Å². The Morgan fingerprint density at radius 3 is 2.33 bits per heavy atom. The van der Waals surface area contributed by atoms with E-state index in [2.05, 4.69) is 12.1 Å². The van der Waals surface area contributed by atoms with Gasteiger partial charge >= 0.3 is 0 Å². The number of carbonyl (C=O) groups is 1. The first-order valence-corrected chi connectivity index (χ1v) is 10.7. The highest BCUT2D eigenvalue weighted by Gasteiger charge is 2.63. The highest BCUT2D eigenvalue weighted by molar-refractivity contribution is 6.04. The fourth-order valence-corrected chi connectivity index (χ4v) is 5.19. The van der Waals surface area contributed by atoms with Crippen LogP contribution in [-0.4, -0.2) is 17.9 Å². The van der Waals surface area contributed by atoms with E-state index in [4.69, 9.17) is 0 Å². The van der Waals surface area contributed by atoms with E-state index in [1.165, 1.54) is 6.07 Å². The fourth-order valence-electron chi connectivity index (χ4n) is 5.19. The van der Waals surface area contributed by atoms with Crippen LogP contribution < -0.4 is 4.90 Å². The third-order valence-corrected chi connectivity index (χ3v) is 6.76. The van der Waals surface area contributed by atoms with Crippen LogP contribution in [0.1, 0.15) is 33.0 Å². The van der Waals surface area contributed by atoms with Crippen molar-refractivity contribution in [2.45, 2.75) is 24.9 Å². The molecule has 5 rings (SSSR count). The molecule has 33 heavy (non-hydrogen) atoms. The number of Topliss-reactive ketones (excluding diaryl/α,β-unsaturated/α-hetero) is 1. The third-order valence-electron chi connectivity index (χ3n) is 6.76. The standard InChI is InChI=1S/C28H20FN3O/c1-18-10-12-20(13-11-18)27(33)26-25(21-7-3-4-8-22(21)29)28(16-30,17-31)24-15-14-19-6-2-5-9-23(19)32(24)26/h2-15,24-26H,1H3/t24-,25+,26-/m1/s1. The van der Waals surface area contributed by atoms with Gasteiger partial charge in [0.2, 0.25) is 0 Å². The van der Waals surface area contributed by atoms with Crippen molar-refractivity contribution in [3.63, 3.8) is 0 Å². The summed E-state index contributed by atoms with van der Waals surface area (Å²) in [6.07, 6.45) is 3.67. The Morgan fingerprint density at radius 1 is 0.970 bits per heavy atom. The largest absolute Gasteiger partial charge is 0.351 e. The molecule has 2 aliphatic rings. The van der Waals surface area contributed by atoms with E-state index >= 15 is 4.39 Å². The molecule has 0 aromatic heterocycles. The van der Waals surface area contributed by atoms with Gasteiger partial charge in [0.1, 0.15) is 11.9 Å². The molecule has 4 nitrogen and oxygen atoms in total. The first-order valence-electron chi connectivity index (χ1n) is 10.7. The number of hydrogen-bond donors (Lipinski definition) is 0. The summed E-state index contributed by atoms with van der Waals surface area (Å²) in [6.45, 7) is 1.93. The highest BCUT2D eigenvalue weighted by atomic mass is 19.1. The van der Waals surface area contributed by atoms with Gasteiger partial charge in [-0.3, -0.25) is 4.79 Å². The van der Waals surface area contributed by atoms with Crippen molar-refractivity contribution in [2.24, 2.45) is 5.41 Å². The van der Waals surface area contributed by atoms with E-state index in [-0.39, 0.29) is 11.3 Å². The van der Waals surface area contributed by atoms with Gasteiger partial charge in [0.15, 0.2) is 11.2 Å². The zero-order chi connectivity index (χ0) is 23.2. The van der Waals surface area contributed by atoms with Crippen LogP contribution in [-0.2, 0) is 0 Å². The first-order chi connectivity index (χ1) is 16.0. The Balaban J connectivity index is 1.80. The Bertz CT molecular complexity index is 1350. The molecule has 0 amide bonds. The zero-order valence-corrected chi connectivity index (χ0v) is 17.9. The average molecular weight is 433 g/mol. The molecule has 1 fully saturated rings. The van der Waals surface area contributed by atoms with Crippen LogP contribution in [0.2, 0.25) is 0 Å². The number of anilines is 1. The van der Waals surface area contributed by atoms with Gasteiger partial charge in [0, 0.05) is 17.2 Å². The quantitative estimate of drug-likeness (QED) is 0.518. The van der Waals surface area contributed by atoms with Gasteiger partial charge in [-0.25, -0.2) is 4.39 Å². The second-order valence-electron chi connectivity index (χ2n) is 8.54. The smallest absolute Gasteiger partial charge is 0.185 e. The fraction of sp³-hybridized carbons (Fsp3) is 0.179. The number of nitriles is 2. The Morgan fingerprint density at radius 2 is 1.64 bits per heavy atom. The van der Waals surface area contributed by atoms with E-state index in [0.717, 1.165) is 16.8 Å². The number of carbonyl (C=O) groups excluding carboxylic acids is 1. The number of fused-ring (bicyclic) bond motifs is 3. The molecule has 1 saturated heterocycles. The normalized spacial score (nSPS) is 22.1. The zero-order valence-electron chi connectivity index (χ0n) is 17.9. The maximum Gasteiger partial charge on any atom is 0.185 e. The first kappa shape index (κ1) is 20.7. The molecule has 0 aliphatic carbocycles. The minimum Gasteiger partial charge on any atom is -0.351 e. The van der Waals surface area contributed by atoms with Gasteiger partial charge in [-0.1, -0.05) is 78.4 Å². The average Bonchev–Trinajstić information content (AvgIpc) is 3.15. The maximum absolute atomic E-state index is 15.2. The monoisotopic (exact) mass is 433 g/mol. The molecule has 5 heteroatoms. The van der Waals surface area contributed by atoms with Crippen molar-refractivity contribution in [1.82, 2.24) is 0 Å². The topological polar surface area (TPSA) is 67.9 Å². The van der Waals surface area contributed by atoms with Crippen molar-refractivity contribution in [3.8, 4) is 12.1 Å². The second kappa shape index (κ2) is 7.73. The Kier molecular flexibility index (Phi) is 4.84. The van der Waals surface area contributed by atoms with Crippen LogP contribution in [0.5, 0.6) is 0 Å². The molecule has 0 N–H and O–H groups in total. The predicted molar refractivity (Wildman–Crippen MR) is 124 cm³/mol. The number of ketones is 1. The number of rotatable bonds is 3. The molecular formula is C28H20FN3O. The van der Waals surface area contributed by atoms with Crippen LogP contribution in [0.3, 0.4) is 0 Å². The number of benzene rings is 3. The van der Waals surface area contributed by atoms with Crippen molar-refractivity contribution < 1.29 is 9.18 Å². The van der Waals surface area contributed by atoms with Gasteiger partial charge in [-0.05, 0) is 30.2 Å². The Labute approximate surface area is 191 Å². The highest BCUT2D eigenvalue weighted by Crippen LogP contribution is 2.55. The molecule has 3 aromatic rings. The number of nitrogens with zero attached hydrogens (tertiary/aromatic N) is 3. The summed E-state index contributed by atoms with van der Waals surface area (Å²) in [5.41, 5.74) is 1.66. The lowest BCUT2D eigenvalue weighted by atomic mass is 9.69. The van der Waals surface area contributed by atoms with Gasteiger partial charge in [0.25, 0.3) is 0 Å². The summed E-state index contributed by atoms with van der Waals surface area (Å²) in [5.74, 6) is -1.76.